The fourth-order valence-electron chi connectivity index (χ4n) is 1.36. The van der Waals surface area contributed by atoms with Crippen LogP contribution >= 0.6 is 0 Å². The first kappa shape index (κ1) is 13.0. The molecule has 1 atom stereocenters. The fraction of sp³-hybridized carbons (Fsp3) is 0.400. The molecule has 1 aromatic rings. The van der Waals surface area contributed by atoms with Crippen LogP contribution in [0, 0.1) is 0 Å². The maximum absolute atomic E-state index is 11.3. The molecule has 0 fully saturated rings. The molecule has 0 aliphatic heterocycles. The van der Waals surface area contributed by atoms with E-state index in [9.17, 15) is 9.90 Å². The quantitative estimate of drug-likeness (QED) is 0.335. The number of carboxylic acids is 1. The molecule has 1 rings (SSSR count). The molecular formula is C10H13N5O2. The average Bonchev–Trinajstić information content (AvgIpc) is 2.35. The highest BCUT2D eigenvalue weighted by atomic mass is 16.4. The second kappa shape index (κ2) is 5.83. The predicted octanol–water partition coefficient (Wildman–Crippen LogP) is 1.28. The first-order chi connectivity index (χ1) is 8.11. The number of aliphatic carboxylic acids is 1. The molecule has 2 N–H and O–H groups in total. The van der Waals surface area contributed by atoms with Gasteiger partial charge in [0, 0.05) is 36.0 Å². The molecule has 0 aromatic carbocycles. The maximum Gasteiger partial charge on any atom is 0.328 e. The van der Waals surface area contributed by atoms with Gasteiger partial charge in [-0.25, -0.2) is 4.79 Å². The van der Waals surface area contributed by atoms with E-state index in [2.05, 4.69) is 20.3 Å². The van der Waals surface area contributed by atoms with Crippen molar-refractivity contribution in [3.8, 4) is 0 Å². The molecule has 0 radical (unpaired) electrons. The highest BCUT2D eigenvalue weighted by Gasteiger charge is 2.34. The van der Waals surface area contributed by atoms with Crippen LogP contribution in [0.3, 0.4) is 0 Å². The molecule has 1 heterocycles. The van der Waals surface area contributed by atoms with Crippen molar-refractivity contribution in [1.82, 2.24) is 10.3 Å². The molecule has 1 aromatic heterocycles. The predicted molar refractivity (Wildman–Crippen MR) is 61.2 cm³/mol. The van der Waals surface area contributed by atoms with E-state index in [0.717, 1.165) is 0 Å². The summed E-state index contributed by atoms with van der Waals surface area (Å²) in [7, 11) is 0. The summed E-state index contributed by atoms with van der Waals surface area (Å²) < 4.78 is 0. The van der Waals surface area contributed by atoms with Gasteiger partial charge in [0.2, 0.25) is 0 Å². The van der Waals surface area contributed by atoms with Crippen molar-refractivity contribution in [2.24, 2.45) is 5.11 Å². The van der Waals surface area contributed by atoms with Gasteiger partial charge in [0.15, 0.2) is 0 Å². The summed E-state index contributed by atoms with van der Waals surface area (Å²) >= 11 is 0. The molecule has 0 saturated heterocycles. The van der Waals surface area contributed by atoms with Crippen molar-refractivity contribution < 1.29 is 9.90 Å². The Kier molecular flexibility index (Phi) is 4.45. The molecule has 7 nitrogen and oxygen atoms in total. The number of carbonyl (C=O) groups is 1. The summed E-state index contributed by atoms with van der Waals surface area (Å²) in [6.45, 7) is 2.02. The highest BCUT2D eigenvalue weighted by Crippen LogP contribution is 2.19. The van der Waals surface area contributed by atoms with Crippen LogP contribution in [-0.4, -0.2) is 29.1 Å². The number of azide groups is 1. The first-order valence-electron chi connectivity index (χ1n) is 5.01. The Bertz CT molecular complexity index is 430. The number of hydrogen-bond acceptors (Lipinski definition) is 4. The number of nitrogens with one attached hydrogen (secondary N) is 1. The zero-order valence-corrected chi connectivity index (χ0v) is 9.37. The van der Waals surface area contributed by atoms with E-state index in [1.807, 2.05) is 0 Å². The normalized spacial score (nSPS) is 13.5. The van der Waals surface area contributed by atoms with Gasteiger partial charge in [0.25, 0.3) is 0 Å². The molecule has 0 aliphatic carbocycles. The summed E-state index contributed by atoms with van der Waals surface area (Å²) in [5.41, 5.74) is 7.44. The summed E-state index contributed by atoms with van der Waals surface area (Å²) in [6.07, 6.45) is 3.07. The van der Waals surface area contributed by atoms with Crippen molar-refractivity contribution >= 4 is 5.97 Å². The number of rotatable bonds is 6. The molecule has 7 heteroatoms. The number of pyridine rings is 1. The van der Waals surface area contributed by atoms with Crippen LogP contribution in [0.1, 0.15) is 12.5 Å². The molecular weight excluding hydrogens is 222 g/mol. The topological polar surface area (TPSA) is 111 Å². The second-order valence-electron chi connectivity index (χ2n) is 3.55. The Hall–Kier alpha value is -2.11. The van der Waals surface area contributed by atoms with E-state index >= 15 is 0 Å². The van der Waals surface area contributed by atoms with Crippen LogP contribution < -0.4 is 5.32 Å². The van der Waals surface area contributed by atoms with Crippen molar-refractivity contribution in [3.63, 3.8) is 0 Å². The smallest absolute Gasteiger partial charge is 0.328 e. The lowest BCUT2D eigenvalue weighted by atomic mass is 9.93. The monoisotopic (exact) mass is 235 g/mol. The van der Waals surface area contributed by atoms with Gasteiger partial charge in [0.1, 0.15) is 5.54 Å². The number of carboxylic acid groups (broad SMARTS) is 1. The van der Waals surface area contributed by atoms with Crippen molar-refractivity contribution in [1.29, 1.82) is 0 Å². The van der Waals surface area contributed by atoms with E-state index in [1.54, 1.807) is 25.3 Å². The Morgan fingerprint density at radius 2 is 2.53 bits per heavy atom. The average molecular weight is 235 g/mol. The fourth-order valence-corrected chi connectivity index (χ4v) is 1.36. The Morgan fingerprint density at radius 1 is 1.76 bits per heavy atom. The van der Waals surface area contributed by atoms with Crippen LogP contribution in [0.5, 0.6) is 0 Å². The minimum Gasteiger partial charge on any atom is -0.480 e. The molecule has 0 spiro atoms. The van der Waals surface area contributed by atoms with Crippen molar-refractivity contribution in [2.45, 2.75) is 12.5 Å². The van der Waals surface area contributed by atoms with Gasteiger partial charge in [-0.3, -0.25) is 10.3 Å². The largest absolute Gasteiger partial charge is 0.480 e. The summed E-state index contributed by atoms with van der Waals surface area (Å²) in [6, 6.07) is 3.35. The zero-order chi connectivity index (χ0) is 12.7. The lowest BCUT2D eigenvalue weighted by molar-refractivity contribution is -0.144. The third-order valence-electron chi connectivity index (χ3n) is 2.42. The minimum atomic E-state index is -1.24. The van der Waals surface area contributed by atoms with E-state index in [0.29, 0.717) is 5.56 Å². The van der Waals surface area contributed by atoms with Crippen LogP contribution in [0.4, 0.5) is 0 Å². The summed E-state index contributed by atoms with van der Waals surface area (Å²) in [5, 5.41) is 15.4. The maximum atomic E-state index is 11.3. The van der Waals surface area contributed by atoms with E-state index in [1.165, 1.54) is 6.20 Å². The molecule has 17 heavy (non-hydrogen) atoms. The van der Waals surface area contributed by atoms with E-state index in [-0.39, 0.29) is 13.1 Å². The summed E-state index contributed by atoms with van der Waals surface area (Å²) in [5.74, 6) is -1.01. The number of nitrogens with zero attached hydrogens (tertiary/aromatic N) is 4. The third kappa shape index (κ3) is 3.17. The van der Waals surface area contributed by atoms with E-state index < -0.39 is 11.5 Å². The Balaban J connectivity index is 2.83. The van der Waals surface area contributed by atoms with Gasteiger partial charge in [-0.15, -0.1) is 0 Å². The summed E-state index contributed by atoms with van der Waals surface area (Å²) in [4.78, 5) is 17.8. The van der Waals surface area contributed by atoms with Gasteiger partial charge >= 0.3 is 5.97 Å². The van der Waals surface area contributed by atoms with Gasteiger partial charge in [0.05, 0.1) is 0 Å². The van der Waals surface area contributed by atoms with Crippen LogP contribution in [0.25, 0.3) is 10.4 Å². The molecule has 90 valence electrons. The number of hydrogen-bond donors (Lipinski definition) is 2. The molecule has 0 aliphatic rings. The Morgan fingerprint density at radius 3 is 3.06 bits per heavy atom. The van der Waals surface area contributed by atoms with Crippen molar-refractivity contribution in [2.75, 3.05) is 13.1 Å². The van der Waals surface area contributed by atoms with Gasteiger partial charge < -0.3 is 5.11 Å². The zero-order valence-electron chi connectivity index (χ0n) is 9.37. The van der Waals surface area contributed by atoms with Crippen LogP contribution in [0.15, 0.2) is 29.6 Å². The SMILES string of the molecule is CC(NCCN=[N+]=[N-])(C(=O)O)c1cccnc1. The second-order valence-corrected chi connectivity index (χ2v) is 3.55. The lowest BCUT2D eigenvalue weighted by Gasteiger charge is -2.26. The lowest BCUT2D eigenvalue weighted by Crippen LogP contribution is -2.47. The molecule has 0 saturated carbocycles. The first-order valence-corrected chi connectivity index (χ1v) is 5.01. The molecule has 0 bridgehead atoms. The minimum absolute atomic E-state index is 0.194. The van der Waals surface area contributed by atoms with Crippen LogP contribution in [0.2, 0.25) is 0 Å². The van der Waals surface area contributed by atoms with Gasteiger partial charge in [-0.2, -0.15) is 0 Å². The standard InChI is InChI=1S/C10H13N5O2/c1-10(9(16)17,13-5-6-14-15-11)8-3-2-4-12-7-8/h2-4,7,13H,5-6H2,1H3,(H,16,17). The number of aromatic nitrogens is 1. The highest BCUT2D eigenvalue weighted by molar-refractivity contribution is 5.80. The third-order valence-corrected chi connectivity index (χ3v) is 2.42. The molecule has 1 unspecified atom stereocenters. The van der Waals surface area contributed by atoms with Crippen LogP contribution in [-0.2, 0) is 10.3 Å². The molecule has 0 amide bonds. The van der Waals surface area contributed by atoms with E-state index in [4.69, 9.17) is 5.53 Å². The Labute approximate surface area is 98.1 Å². The van der Waals surface area contributed by atoms with Crippen molar-refractivity contribution in [3.05, 3.63) is 40.5 Å². The van der Waals surface area contributed by atoms with Gasteiger partial charge in [-0.05, 0) is 18.5 Å². The van der Waals surface area contributed by atoms with Gasteiger partial charge in [-0.1, -0.05) is 11.2 Å².